The summed E-state index contributed by atoms with van der Waals surface area (Å²) in [4.78, 5) is 11.1. The first-order chi connectivity index (χ1) is 7.10. The maximum atomic E-state index is 13.3. The largest absolute Gasteiger partial charge is 0.497 e. The van der Waals surface area contributed by atoms with Crippen LogP contribution in [0.3, 0.4) is 0 Å². The van der Waals surface area contributed by atoms with Gasteiger partial charge in [0.15, 0.2) is 0 Å². The number of ether oxygens (including phenoxy) is 2. The van der Waals surface area contributed by atoms with Gasteiger partial charge in [0, 0.05) is 5.56 Å². The lowest BCUT2D eigenvalue weighted by Crippen LogP contribution is -2.23. The smallest absolute Gasteiger partial charge is 0.327 e. The first-order valence-corrected chi connectivity index (χ1v) is 4.27. The third-order valence-electron chi connectivity index (χ3n) is 1.99. The molecule has 2 N–H and O–H groups in total. The highest BCUT2D eigenvalue weighted by Gasteiger charge is 2.20. The van der Waals surface area contributed by atoms with Crippen LogP contribution in [0.2, 0.25) is 0 Å². The Morgan fingerprint density at radius 2 is 2.13 bits per heavy atom. The van der Waals surface area contributed by atoms with Gasteiger partial charge in [-0.1, -0.05) is 0 Å². The van der Waals surface area contributed by atoms with Crippen LogP contribution < -0.4 is 10.5 Å². The minimum Gasteiger partial charge on any atom is -0.497 e. The molecule has 1 aromatic rings. The second-order valence-electron chi connectivity index (χ2n) is 2.89. The number of carbonyl (C=O) groups is 1. The first kappa shape index (κ1) is 11.5. The molecule has 0 saturated heterocycles. The highest BCUT2D eigenvalue weighted by molar-refractivity contribution is 5.77. The third-order valence-corrected chi connectivity index (χ3v) is 1.99. The molecule has 0 heterocycles. The van der Waals surface area contributed by atoms with E-state index >= 15 is 0 Å². The van der Waals surface area contributed by atoms with Gasteiger partial charge in [-0.05, 0) is 18.2 Å². The molecular formula is C10H12FNO3. The average Bonchev–Trinajstić information content (AvgIpc) is 2.27. The summed E-state index contributed by atoms with van der Waals surface area (Å²) in [6.07, 6.45) is 0. The Hall–Kier alpha value is -1.62. The summed E-state index contributed by atoms with van der Waals surface area (Å²) < 4.78 is 22.6. The molecule has 5 heteroatoms. The van der Waals surface area contributed by atoms with Crippen LogP contribution in [0.4, 0.5) is 4.39 Å². The lowest BCUT2D eigenvalue weighted by atomic mass is 10.1. The van der Waals surface area contributed by atoms with Crippen LogP contribution in [0.1, 0.15) is 11.6 Å². The van der Waals surface area contributed by atoms with E-state index in [2.05, 4.69) is 4.74 Å². The van der Waals surface area contributed by atoms with Crippen molar-refractivity contribution in [3.05, 3.63) is 29.6 Å². The Bertz CT molecular complexity index is 368. The first-order valence-electron chi connectivity index (χ1n) is 4.27. The predicted molar refractivity (Wildman–Crippen MR) is 51.9 cm³/mol. The highest BCUT2D eigenvalue weighted by atomic mass is 19.1. The van der Waals surface area contributed by atoms with Gasteiger partial charge >= 0.3 is 5.97 Å². The van der Waals surface area contributed by atoms with Gasteiger partial charge in [0.05, 0.1) is 14.2 Å². The van der Waals surface area contributed by atoms with Crippen LogP contribution in [0, 0.1) is 5.82 Å². The summed E-state index contributed by atoms with van der Waals surface area (Å²) in [6.45, 7) is 0. The summed E-state index contributed by atoms with van der Waals surface area (Å²) in [5, 5.41) is 0. The van der Waals surface area contributed by atoms with E-state index in [1.54, 1.807) is 0 Å². The summed E-state index contributed by atoms with van der Waals surface area (Å²) in [6, 6.07) is 2.88. The van der Waals surface area contributed by atoms with Gasteiger partial charge < -0.3 is 15.2 Å². The molecule has 1 aromatic carbocycles. The summed E-state index contributed by atoms with van der Waals surface area (Å²) in [5.41, 5.74) is 5.56. The number of hydrogen-bond acceptors (Lipinski definition) is 4. The van der Waals surface area contributed by atoms with E-state index < -0.39 is 17.8 Å². The van der Waals surface area contributed by atoms with Gasteiger partial charge in [0.1, 0.15) is 17.6 Å². The monoisotopic (exact) mass is 213 g/mol. The molecule has 0 spiro atoms. The van der Waals surface area contributed by atoms with Crippen molar-refractivity contribution in [2.75, 3.05) is 14.2 Å². The van der Waals surface area contributed by atoms with Gasteiger partial charge in [0.2, 0.25) is 0 Å². The zero-order valence-corrected chi connectivity index (χ0v) is 8.49. The van der Waals surface area contributed by atoms with Crippen molar-refractivity contribution in [1.82, 2.24) is 0 Å². The minimum absolute atomic E-state index is 0.0567. The minimum atomic E-state index is -1.13. The normalized spacial score (nSPS) is 12.0. The Labute approximate surface area is 86.8 Å². The van der Waals surface area contributed by atoms with Crippen molar-refractivity contribution in [1.29, 1.82) is 0 Å². The number of nitrogens with two attached hydrogens (primary N) is 1. The summed E-state index contributed by atoms with van der Waals surface area (Å²) in [5.74, 6) is -0.818. The number of hydrogen-bond donors (Lipinski definition) is 1. The molecular weight excluding hydrogens is 201 g/mol. The molecule has 0 unspecified atom stereocenters. The zero-order chi connectivity index (χ0) is 11.4. The summed E-state index contributed by atoms with van der Waals surface area (Å²) in [7, 11) is 2.64. The SMILES string of the molecule is COC(=O)[C@@H](N)c1cc(OC)ccc1F. The van der Waals surface area contributed by atoms with Gasteiger partial charge in [-0.3, -0.25) is 4.79 Å². The molecule has 0 aliphatic heterocycles. The fourth-order valence-electron chi connectivity index (χ4n) is 1.14. The zero-order valence-electron chi connectivity index (χ0n) is 8.49. The Balaban J connectivity index is 3.06. The molecule has 0 aromatic heterocycles. The third kappa shape index (κ3) is 2.44. The second kappa shape index (κ2) is 4.75. The van der Waals surface area contributed by atoms with Crippen molar-refractivity contribution in [2.24, 2.45) is 5.73 Å². The van der Waals surface area contributed by atoms with Crippen molar-refractivity contribution >= 4 is 5.97 Å². The lowest BCUT2D eigenvalue weighted by Gasteiger charge is -2.11. The molecule has 1 atom stereocenters. The van der Waals surface area contributed by atoms with E-state index in [1.807, 2.05) is 0 Å². The Morgan fingerprint density at radius 3 is 2.67 bits per heavy atom. The van der Waals surface area contributed by atoms with Crippen molar-refractivity contribution < 1.29 is 18.7 Å². The molecule has 82 valence electrons. The molecule has 0 fully saturated rings. The second-order valence-corrected chi connectivity index (χ2v) is 2.89. The molecule has 0 aliphatic rings. The molecule has 15 heavy (non-hydrogen) atoms. The topological polar surface area (TPSA) is 61.5 Å². The molecule has 1 rings (SSSR count). The number of carbonyl (C=O) groups excluding carboxylic acids is 1. The Morgan fingerprint density at radius 1 is 1.47 bits per heavy atom. The molecule has 0 aliphatic carbocycles. The van der Waals surface area contributed by atoms with E-state index in [9.17, 15) is 9.18 Å². The maximum absolute atomic E-state index is 13.3. The van der Waals surface area contributed by atoms with E-state index in [0.29, 0.717) is 5.75 Å². The quantitative estimate of drug-likeness (QED) is 0.761. The molecule has 0 saturated carbocycles. The fraction of sp³-hybridized carbons (Fsp3) is 0.300. The van der Waals surface area contributed by atoms with E-state index in [-0.39, 0.29) is 5.56 Å². The lowest BCUT2D eigenvalue weighted by molar-refractivity contribution is -0.142. The summed E-state index contributed by atoms with van der Waals surface area (Å²) >= 11 is 0. The van der Waals surface area contributed by atoms with Crippen LogP contribution in [-0.2, 0) is 9.53 Å². The maximum Gasteiger partial charge on any atom is 0.327 e. The van der Waals surface area contributed by atoms with Crippen LogP contribution in [0.5, 0.6) is 5.75 Å². The fourth-order valence-corrected chi connectivity index (χ4v) is 1.14. The number of esters is 1. The van der Waals surface area contributed by atoms with E-state index in [0.717, 1.165) is 0 Å². The Kier molecular flexibility index (Phi) is 3.62. The number of benzene rings is 1. The van der Waals surface area contributed by atoms with Gasteiger partial charge in [-0.2, -0.15) is 0 Å². The predicted octanol–water partition coefficient (Wildman–Crippen LogP) is 1.01. The molecule has 0 bridgehead atoms. The number of halogens is 1. The van der Waals surface area contributed by atoms with Crippen LogP contribution >= 0.6 is 0 Å². The standard InChI is InChI=1S/C10H12FNO3/c1-14-6-3-4-8(11)7(5-6)9(12)10(13)15-2/h3-5,9H,12H2,1-2H3/t9-/m0/s1. The number of rotatable bonds is 3. The van der Waals surface area contributed by atoms with Crippen LogP contribution in [-0.4, -0.2) is 20.2 Å². The van der Waals surface area contributed by atoms with Crippen LogP contribution in [0.25, 0.3) is 0 Å². The molecule has 4 nitrogen and oxygen atoms in total. The van der Waals surface area contributed by atoms with E-state index in [1.165, 1.54) is 32.4 Å². The number of methoxy groups -OCH3 is 2. The van der Waals surface area contributed by atoms with Gasteiger partial charge in [-0.15, -0.1) is 0 Å². The molecule has 0 amide bonds. The van der Waals surface area contributed by atoms with Crippen LogP contribution in [0.15, 0.2) is 18.2 Å². The van der Waals surface area contributed by atoms with Crippen molar-refractivity contribution in [3.63, 3.8) is 0 Å². The van der Waals surface area contributed by atoms with Gasteiger partial charge in [-0.25, -0.2) is 4.39 Å². The van der Waals surface area contributed by atoms with E-state index in [4.69, 9.17) is 10.5 Å². The van der Waals surface area contributed by atoms with Gasteiger partial charge in [0.25, 0.3) is 0 Å². The average molecular weight is 213 g/mol. The molecule has 0 radical (unpaired) electrons. The highest BCUT2D eigenvalue weighted by Crippen LogP contribution is 2.21. The van der Waals surface area contributed by atoms with Crippen molar-refractivity contribution in [2.45, 2.75) is 6.04 Å². The van der Waals surface area contributed by atoms with Crippen molar-refractivity contribution in [3.8, 4) is 5.75 Å².